The Hall–Kier alpha value is 0.387. The molecule has 68 valence electrons. The van der Waals surface area contributed by atoms with Gasteiger partial charge < -0.3 is 4.98 Å². The van der Waals surface area contributed by atoms with Crippen molar-refractivity contribution in [2.24, 2.45) is 0 Å². The zero-order chi connectivity index (χ0) is 9.07. The predicted molar refractivity (Wildman–Crippen MR) is 52.7 cm³/mol. The molecular weight excluding hydrogens is 178 g/mol. The van der Waals surface area contributed by atoms with Gasteiger partial charge >= 0.3 is 7.87 Å². The molecule has 0 spiro atoms. The molecule has 1 N–H and O–H groups in total. The lowest BCUT2D eigenvalue weighted by atomic mass is 10.8. The molecule has 0 aromatic rings. The Kier molecular flexibility index (Phi) is 4.58. The van der Waals surface area contributed by atoms with Crippen molar-refractivity contribution in [2.75, 3.05) is 34.7 Å². The van der Waals surface area contributed by atoms with Crippen LogP contribution in [0.15, 0.2) is 0 Å². The van der Waals surface area contributed by atoms with Gasteiger partial charge in [0.05, 0.1) is 0 Å². The third kappa shape index (κ3) is 2.72. The highest BCUT2D eigenvalue weighted by molar-refractivity contribution is 7.15. The van der Waals surface area contributed by atoms with Gasteiger partial charge in [0.1, 0.15) is 0 Å². The zero-order valence-corrected chi connectivity index (χ0v) is 9.74. The molecule has 0 heterocycles. The van der Waals surface area contributed by atoms with Gasteiger partial charge in [-0.15, -0.1) is 11.1 Å². The average molecular weight is 196 g/mol. The average Bonchev–Trinajstić information content (AvgIpc) is 1.87. The van der Waals surface area contributed by atoms with Crippen LogP contribution in [-0.4, -0.2) is 51.7 Å². The van der Waals surface area contributed by atoms with Crippen molar-refractivity contribution in [3.05, 3.63) is 0 Å². The maximum Gasteiger partial charge on any atom is 0.389 e. The van der Waals surface area contributed by atoms with Crippen molar-refractivity contribution in [2.45, 2.75) is 6.92 Å². The molecule has 3 nitrogen and oxygen atoms in total. The summed E-state index contributed by atoms with van der Waals surface area (Å²) >= 11 is 6.39. The van der Waals surface area contributed by atoms with Gasteiger partial charge in [0.15, 0.2) is 0 Å². The summed E-state index contributed by atoms with van der Waals surface area (Å²) < 4.78 is 4.14. The fourth-order valence-corrected chi connectivity index (χ4v) is 3.22. The summed E-state index contributed by atoms with van der Waals surface area (Å²) in [6.07, 6.45) is 0. The fourth-order valence-electron chi connectivity index (χ4n) is 0.941. The molecule has 0 saturated heterocycles. The van der Waals surface area contributed by atoms with Crippen molar-refractivity contribution < 1.29 is 0 Å². The largest absolute Gasteiger partial charge is 0.389 e. The molecule has 0 rings (SSSR count). The molecule has 0 unspecified atom stereocenters. The minimum absolute atomic E-state index is 0.909. The first-order valence-electron chi connectivity index (χ1n) is 3.74. The number of hydrogen-bond donors (Lipinski definition) is 1. The van der Waals surface area contributed by atoms with Gasteiger partial charge in [-0.3, -0.25) is 9.13 Å². The first-order valence-corrected chi connectivity index (χ1v) is 6.64. The highest BCUT2D eigenvalue weighted by atomic mass is 35.6. The Balaban J connectivity index is 4.26. The van der Waals surface area contributed by atoms with Gasteiger partial charge in [-0.25, -0.2) is 0 Å². The van der Waals surface area contributed by atoms with Crippen LogP contribution in [0.25, 0.3) is 0 Å². The van der Waals surface area contributed by atoms with E-state index in [1.807, 2.05) is 28.2 Å². The van der Waals surface area contributed by atoms with E-state index in [1.54, 1.807) is 0 Å². The Bertz CT molecular complexity index is 110. The first-order chi connectivity index (χ1) is 4.95. The van der Waals surface area contributed by atoms with Crippen molar-refractivity contribution in [1.29, 1.82) is 0 Å². The molecule has 0 aromatic heterocycles. The van der Waals surface area contributed by atoms with Crippen LogP contribution in [-0.2, 0) is 0 Å². The van der Waals surface area contributed by atoms with Gasteiger partial charge in [0.25, 0.3) is 0 Å². The second-order valence-electron chi connectivity index (χ2n) is 2.91. The third-order valence-electron chi connectivity index (χ3n) is 1.59. The molecule has 0 bridgehead atoms. The Labute approximate surface area is 75.3 Å². The van der Waals surface area contributed by atoms with Crippen LogP contribution in [0, 0.1) is 0 Å². The van der Waals surface area contributed by atoms with Crippen LogP contribution < -0.4 is 4.98 Å². The lowest BCUT2D eigenvalue weighted by Crippen LogP contribution is -2.66. The quantitative estimate of drug-likeness (QED) is 0.518. The normalized spacial score (nSPS) is 13.1. The topological polar surface area (TPSA) is 18.5 Å². The molecule has 0 aliphatic rings. The molecule has 0 aliphatic heterocycles. The molecule has 0 atom stereocenters. The third-order valence-corrected chi connectivity index (χ3v) is 7.19. The van der Waals surface area contributed by atoms with Crippen LogP contribution in [0.1, 0.15) is 6.92 Å². The van der Waals surface area contributed by atoms with E-state index in [-0.39, 0.29) is 0 Å². The maximum absolute atomic E-state index is 6.39. The van der Waals surface area contributed by atoms with Crippen LogP contribution in [0.2, 0.25) is 0 Å². The van der Waals surface area contributed by atoms with Crippen molar-refractivity contribution in [3.8, 4) is 0 Å². The summed E-state index contributed by atoms with van der Waals surface area (Å²) in [5.41, 5.74) is 0. The molecule has 0 saturated carbocycles. The predicted octanol–water partition coefficient (Wildman–Crippen LogP) is 0.393. The standard InChI is InChI=1S/C6H18ClN3Si/c1-6-8-11(7,9(2)3)10(4)5/h8H,6H2,1-5H3. The summed E-state index contributed by atoms with van der Waals surface area (Å²) in [5.74, 6) is 0. The minimum Gasteiger partial charge on any atom is -0.301 e. The van der Waals surface area contributed by atoms with E-state index in [4.69, 9.17) is 11.1 Å². The fraction of sp³-hybridized carbons (Fsp3) is 1.00. The van der Waals surface area contributed by atoms with E-state index >= 15 is 0 Å². The lowest BCUT2D eigenvalue weighted by molar-refractivity contribution is 0.483. The van der Waals surface area contributed by atoms with E-state index in [0.29, 0.717) is 0 Å². The highest BCUT2D eigenvalue weighted by Crippen LogP contribution is 2.09. The number of hydrogen-bond acceptors (Lipinski definition) is 3. The van der Waals surface area contributed by atoms with E-state index in [0.717, 1.165) is 6.54 Å². The molecule has 11 heavy (non-hydrogen) atoms. The highest BCUT2D eigenvalue weighted by Gasteiger charge is 2.37. The molecule has 0 fully saturated rings. The number of rotatable bonds is 4. The molecule has 0 radical (unpaired) electrons. The Morgan fingerprint density at radius 2 is 1.55 bits per heavy atom. The Morgan fingerprint density at radius 1 is 1.18 bits per heavy atom. The van der Waals surface area contributed by atoms with E-state index < -0.39 is 7.87 Å². The molecular formula is C6H18ClN3Si. The number of nitrogens with zero attached hydrogens (tertiary/aromatic N) is 2. The Morgan fingerprint density at radius 3 is 1.64 bits per heavy atom. The number of halogens is 1. The summed E-state index contributed by atoms with van der Waals surface area (Å²) in [4.78, 5) is 3.31. The van der Waals surface area contributed by atoms with Gasteiger partial charge in [-0.2, -0.15) is 0 Å². The second-order valence-corrected chi connectivity index (χ2v) is 7.80. The summed E-state index contributed by atoms with van der Waals surface area (Å²) in [5, 5.41) is 0. The van der Waals surface area contributed by atoms with Crippen molar-refractivity contribution >= 4 is 18.9 Å². The van der Waals surface area contributed by atoms with Crippen LogP contribution in [0.5, 0.6) is 0 Å². The minimum atomic E-state index is -2.02. The van der Waals surface area contributed by atoms with E-state index in [9.17, 15) is 0 Å². The molecule has 5 heteroatoms. The maximum atomic E-state index is 6.39. The lowest BCUT2D eigenvalue weighted by Gasteiger charge is -2.36. The van der Waals surface area contributed by atoms with Crippen LogP contribution in [0.3, 0.4) is 0 Å². The summed E-state index contributed by atoms with van der Waals surface area (Å²) in [6, 6.07) is 0. The molecule has 0 aliphatic carbocycles. The summed E-state index contributed by atoms with van der Waals surface area (Å²) in [7, 11) is 5.99. The van der Waals surface area contributed by atoms with E-state index in [1.165, 1.54) is 0 Å². The van der Waals surface area contributed by atoms with Crippen molar-refractivity contribution in [1.82, 2.24) is 14.1 Å². The van der Waals surface area contributed by atoms with Crippen LogP contribution in [0.4, 0.5) is 0 Å². The zero-order valence-electron chi connectivity index (χ0n) is 7.98. The second kappa shape index (κ2) is 4.42. The smallest absolute Gasteiger partial charge is 0.301 e. The van der Waals surface area contributed by atoms with Gasteiger partial charge in [0.2, 0.25) is 0 Å². The van der Waals surface area contributed by atoms with E-state index in [2.05, 4.69) is 21.0 Å². The van der Waals surface area contributed by atoms with Gasteiger partial charge in [-0.05, 0) is 34.7 Å². The SMILES string of the molecule is CCN[Si](Cl)(N(C)C)N(C)C. The number of nitrogens with one attached hydrogen (secondary N) is 1. The van der Waals surface area contributed by atoms with Crippen LogP contribution >= 0.6 is 11.1 Å². The van der Waals surface area contributed by atoms with Crippen molar-refractivity contribution in [3.63, 3.8) is 0 Å². The van der Waals surface area contributed by atoms with Gasteiger partial charge in [-0.1, -0.05) is 6.92 Å². The molecule has 0 aromatic carbocycles. The monoisotopic (exact) mass is 195 g/mol. The summed E-state index contributed by atoms with van der Waals surface area (Å²) in [6.45, 7) is 2.98. The van der Waals surface area contributed by atoms with Gasteiger partial charge in [0, 0.05) is 0 Å². The first kappa shape index (κ1) is 11.4. The molecule has 0 amide bonds.